The molecule has 62 valence electrons. The van der Waals surface area contributed by atoms with Gasteiger partial charge in [0.25, 0.3) is 0 Å². The van der Waals surface area contributed by atoms with Gasteiger partial charge in [-0.3, -0.25) is 0 Å². The highest BCUT2D eigenvalue weighted by atomic mass is 15.0. The molecule has 3 nitrogen and oxygen atoms in total. The number of hydrogen-bond acceptors (Lipinski definition) is 2. The molecule has 1 N–H and O–H groups in total. The van der Waals surface area contributed by atoms with Gasteiger partial charge in [-0.25, -0.2) is 4.98 Å². The quantitative estimate of drug-likeness (QED) is 0.713. The number of imidazole rings is 1. The Labute approximate surface area is 71.0 Å². The Morgan fingerprint density at radius 2 is 2.50 bits per heavy atom. The lowest BCUT2D eigenvalue weighted by Crippen LogP contribution is -2.04. The van der Waals surface area contributed by atoms with Crippen LogP contribution < -0.4 is 5.32 Å². The number of nitrogens with one attached hydrogen (secondary N) is 1. The molecule has 0 aromatic carbocycles. The van der Waals surface area contributed by atoms with E-state index < -0.39 is 0 Å². The van der Waals surface area contributed by atoms with Gasteiger partial charge in [-0.15, -0.1) is 0 Å². The summed E-state index contributed by atoms with van der Waals surface area (Å²) in [4.78, 5) is 4.05. The molecule has 0 saturated heterocycles. The number of aromatic nitrogens is 2. The van der Waals surface area contributed by atoms with Crippen molar-refractivity contribution in [3.63, 3.8) is 0 Å². The summed E-state index contributed by atoms with van der Waals surface area (Å²) >= 11 is 0. The second kappa shape index (κ2) is 2.95. The maximum atomic E-state index is 4.05. The van der Waals surface area contributed by atoms with E-state index in [4.69, 9.17) is 0 Å². The highest BCUT2D eigenvalue weighted by molar-refractivity contribution is 5.46. The third-order valence-electron chi connectivity index (χ3n) is 1.86. The molecule has 0 unspecified atom stereocenters. The molecule has 0 aliphatic carbocycles. The number of hydrogen-bond donors (Lipinski definition) is 1. The van der Waals surface area contributed by atoms with Crippen molar-refractivity contribution < 1.29 is 0 Å². The highest BCUT2D eigenvalue weighted by Crippen LogP contribution is 2.05. The fraction of sp³-hybridized carbons (Fsp3) is 0.222. The summed E-state index contributed by atoms with van der Waals surface area (Å²) in [5.74, 6) is 0. The minimum atomic E-state index is 0.904. The zero-order chi connectivity index (χ0) is 8.39. The molecule has 0 saturated carbocycles. The Balaban J connectivity index is 2.46. The molecule has 2 rings (SSSR count). The van der Waals surface area contributed by atoms with Crippen molar-refractivity contribution in [1.82, 2.24) is 14.7 Å². The molecule has 2 heterocycles. The summed E-state index contributed by atoms with van der Waals surface area (Å²) in [5.41, 5.74) is 2.42. The number of nitrogens with zero attached hydrogens (tertiary/aromatic N) is 2. The standard InChI is InChI=1S/C9H11N3/c1-10-5-8-2-3-12-7-11-6-9(12)4-8/h2-4,6-7,10H,5H2,1H3. The first-order valence-corrected chi connectivity index (χ1v) is 3.95. The van der Waals surface area contributed by atoms with E-state index in [-0.39, 0.29) is 0 Å². The van der Waals surface area contributed by atoms with Crippen molar-refractivity contribution >= 4 is 5.52 Å². The fourth-order valence-corrected chi connectivity index (χ4v) is 1.28. The van der Waals surface area contributed by atoms with Crippen LogP contribution in [-0.4, -0.2) is 16.4 Å². The number of rotatable bonds is 2. The van der Waals surface area contributed by atoms with Gasteiger partial charge >= 0.3 is 0 Å². The van der Waals surface area contributed by atoms with Crippen LogP contribution in [0.3, 0.4) is 0 Å². The molecule has 0 aliphatic heterocycles. The van der Waals surface area contributed by atoms with Gasteiger partial charge in [0, 0.05) is 12.7 Å². The molecule has 2 aromatic rings. The van der Waals surface area contributed by atoms with Gasteiger partial charge in [-0.2, -0.15) is 0 Å². The van der Waals surface area contributed by atoms with E-state index in [9.17, 15) is 0 Å². The van der Waals surface area contributed by atoms with Crippen LogP contribution in [0.2, 0.25) is 0 Å². The van der Waals surface area contributed by atoms with Crippen LogP contribution in [0.5, 0.6) is 0 Å². The van der Waals surface area contributed by atoms with Gasteiger partial charge < -0.3 is 9.72 Å². The van der Waals surface area contributed by atoms with Crippen molar-refractivity contribution in [2.75, 3.05) is 7.05 Å². The third kappa shape index (κ3) is 1.19. The van der Waals surface area contributed by atoms with Crippen LogP contribution in [0.4, 0.5) is 0 Å². The third-order valence-corrected chi connectivity index (χ3v) is 1.86. The summed E-state index contributed by atoms with van der Waals surface area (Å²) in [6.07, 6.45) is 5.69. The summed E-state index contributed by atoms with van der Waals surface area (Å²) in [5, 5.41) is 3.11. The Morgan fingerprint density at radius 1 is 1.58 bits per heavy atom. The predicted molar refractivity (Wildman–Crippen MR) is 48.0 cm³/mol. The SMILES string of the molecule is CNCc1ccn2cncc2c1. The van der Waals surface area contributed by atoms with Crippen molar-refractivity contribution in [3.05, 3.63) is 36.4 Å². The first-order valence-electron chi connectivity index (χ1n) is 3.95. The average Bonchev–Trinajstić information content (AvgIpc) is 2.51. The number of pyridine rings is 1. The van der Waals surface area contributed by atoms with E-state index in [0.29, 0.717) is 0 Å². The second-order valence-electron chi connectivity index (χ2n) is 2.79. The van der Waals surface area contributed by atoms with Crippen LogP contribution in [-0.2, 0) is 6.54 Å². The molecule has 0 spiro atoms. The molecule has 12 heavy (non-hydrogen) atoms. The summed E-state index contributed by atoms with van der Waals surface area (Å²) in [6, 6.07) is 4.22. The molecule has 0 atom stereocenters. The maximum Gasteiger partial charge on any atom is 0.0991 e. The van der Waals surface area contributed by atoms with Gasteiger partial charge in [0.2, 0.25) is 0 Å². The molecule has 2 aromatic heterocycles. The van der Waals surface area contributed by atoms with E-state index >= 15 is 0 Å². The van der Waals surface area contributed by atoms with Crippen LogP contribution in [0.25, 0.3) is 5.52 Å². The van der Waals surface area contributed by atoms with Gasteiger partial charge in [-0.05, 0) is 24.7 Å². The van der Waals surface area contributed by atoms with Crippen LogP contribution in [0, 0.1) is 0 Å². The second-order valence-corrected chi connectivity index (χ2v) is 2.79. The smallest absolute Gasteiger partial charge is 0.0991 e. The highest BCUT2D eigenvalue weighted by Gasteiger charge is 1.94. The maximum absolute atomic E-state index is 4.05. The van der Waals surface area contributed by atoms with E-state index in [1.165, 1.54) is 5.56 Å². The van der Waals surface area contributed by atoms with Crippen molar-refractivity contribution in [2.45, 2.75) is 6.54 Å². The lowest BCUT2D eigenvalue weighted by atomic mass is 10.2. The molecule has 0 amide bonds. The Hall–Kier alpha value is -1.35. The van der Waals surface area contributed by atoms with Crippen LogP contribution >= 0.6 is 0 Å². The summed E-state index contributed by atoms with van der Waals surface area (Å²) in [7, 11) is 1.95. The molecule has 0 radical (unpaired) electrons. The van der Waals surface area contributed by atoms with E-state index in [2.05, 4.69) is 22.4 Å². The van der Waals surface area contributed by atoms with Gasteiger partial charge in [0.15, 0.2) is 0 Å². The lowest BCUT2D eigenvalue weighted by Gasteiger charge is -1.99. The Bertz CT molecular complexity index is 378. The minimum absolute atomic E-state index is 0.904. The predicted octanol–water partition coefficient (Wildman–Crippen LogP) is 1.05. The van der Waals surface area contributed by atoms with Crippen LogP contribution in [0.15, 0.2) is 30.9 Å². The lowest BCUT2D eigenvalue weighted by molar-refractivity contribution is 0.816. The zero-order valence-electron chi connectivity index (χ0n) is 6.99. The topological polar surface area (TPSA) is 29.3 Å². The molecule has 3 heteroatoms. The summed E-state index contributed by atoms with van der Waals surface area (Å²) in [6.45, 7) is 0.904. The van der Waals surface area contributed by atoms with E-state index in [1.54, 1.807) is 6.33 Å². The van der Waals surface area contributed by atoms with Gasteiger partial charge in [0.05, 0.1) is 18.0 Å². The monoisotopic (exact) mass is 161 g/mol. The first kappa shape index (κ1) is 7.31. The van der Waals surface area contributed by atoms with Crippen molar-refractivity contribution in [2.24, 2.45) is 0 Å². The number of fused-ring (bicyclic) bond motifs is 1. The van der Waals surface area contributed by atoms with E-state index in [0.717, 1.165) is 12.1 Å². The molecule has 0 aliphatic rings. The Kier molecular flexibility index (Phi) is 1.80. The zero-order valence-corrected chi connectivity index (χ0v) is 6.99. The molecular weight excluding hydrogens is 150 g/mol. The van der Waals surface area contributed by atoms with Gasteiger partial charge in [-0.1, -0.05) is 0 Å². The molecule has 0 fully saturated rings. The first-order chi connectivity index (χ1) is 5.90. The normalized spacial score (nSPS) is 10.8. The molecule has 0 bridgehead atoms. The summed E-state index contributed by atoms with van der Waals surface area (Å²) < 4.78 is 2.00. The largest absolute Gasteiger partial charge is 0.316 e. The van der Waals surface area contributed by atoms with E-state index in [1.807, 2.05) is 23.8 Å². The molecular formula is C9H11N3. The van der Waals surface area contributed by atoms with Gasteiger partial charge in [0.1, 0.15) is 0 Å². The minimum Gasteiger partial charge on any atom is -0.316 e. The fourth-order valence-electron chi connectivity index (χ4n) is 1.28. The Morgan fingerprint density at radius 3 is 3.33 bits per heavy atom. The van der Waals surface area contributed by atoms with Crippen molar-refractivity contribution in [1.29, 1.82) is 0 Å². The van der Waals surface area contributed by atoms with Crippen LogP contribution in [0.1, 0.15) is 5.56 Å². The average molecular weight is 161 g/mol. The van der Waals surface area contributed by atoms with Crippen molar-refractivity contribution in [3.8, 4) is 0 Å².